The zero-order chi connectivity index (χ0) is 15.9. The van der Waals surface area contributed by atoms with Crippen molar-refractivity contribution in [3.63, 3.8) is 0 Å². The largest absolute Gasteiger partial charge is 0.493 e. The van der Waals surface area contributed by atoms with Gasteiger partial charge in [0.1, 0.15) is 19.3 Å². The molecule has 6 heteroatoms. The maximum absolute atomic E-state index is 5.87. The SMILES string of the molecule is COc1ccc(C=Nn2cnnc2)cc1OCc1ccccc1. The fourth-order valence-corrected chi connectivity index (χ4v) is 2.01. The molecular weight excluding hydrogens is 292 g/mol. The lowest BCUT2D eigenvalue weighted by atomic mass is 10.2. The molecule has 0 amide bonds. The van der Waals surface area contributed by atoms with E-state index in [1.807, 2.05) is 48.5 Å². The summed E-state index contributed by atoms with van der Waals surface area (Å²) in [5.74, 6) is 1.35. The Bertz CT molecular complexity index is 771. The quantitative estimate of drug-likeness (QED) is 0.657. The van der Waals surface area contributed by atoms with Crippen molar-refractivity contribution in [2.45, 2.75) is 6.61 Å². The molecule has 1 heterocycles. The first kappa shape index (κ1) is 14.8. The second kappa shape index (κ2) is 7.22. The molecule has 23 heavy (non-hydrogen) atoms. The maximum atomic E-state index is 5.87. The second-order valence-corrected chi connectivity index (χ2v) is 4.77. The number of benzene rings is 2. The molecule has 2 aromatic carbocycles. The van der Waals surface area contributed by atoms with Crippen molar-refractivity contribution in [2.75, 3.05) is 7.11 Å². The summed E-state index contributed by atoms with van der Waals surface area (Å²) in [5, 5.41) is 11.6. The predicted molar refractivity (Wildman–Crippen MR) is 86.8 cm³/mol. The fourth-order valence-electron chi connectivity index (χ4n) is 2.01. The Hall–Kier alpha value is -3.15. The Labute approximate surface area is 134 Å². The molecule has 116 valence electrons. The minimum atomic E-state index is 0.475. The lowest BCUT2D eigenvalue weighted by Crippen LogP contribution is -1.98. The van der Waals surface area contributed by atoms with E-state index in [0.29, 0.717) is 18.1 Å². The lowest BCUT2D eigenvalue weighted by molar-refractivity contribution is 0.284. The number of aromatic nitrogens is 3. The summed E-state index contributed by atoms with van der Waals surface area (Å²) in [6.45, 7) is 0.475. The van der Waals surface area contributed by atoms with Gasteiger partial charge in [-0.25, -0.2) is 4.68 Å². The van der Waals surface area contributed by atoms with Crippen molar-refractivity contribution < 1.29 is 9.47 Å². The van der Waals surface area contributed by atoms with Crippen molar-refractivity contribution in [3.8, 4) is 11.5 Å². The summed E-state index contributed by atoms with van der Waals surface area (Å²) in [4.78, 5) is 0. The second-order valence-electron chi connectivity index (χ2n) is 4.77. The van der Waals surface area contributed by atoms with E-state index in [-0.39, 0.29) is 0 Å². The van der Waals surface area contributed by atoms with Crippen LogP contribution in [-0.4, -0.2) is 28.2 Å². The smallest absolute Gasteiger partial charge is 0.162 e. The molecule has 0 aliphatic carbocycles. The van der Waals surface area contributed by atoms with Crippen LogP contribution in [0.25, 0.3) is 0 Å². The third kappa shape index (κ3) is 3.94. The highest BCUT2D eigenvalue weighted by Crippen LogP contribution is 2.28. The van der Waals surface area contributed by atoms with Crippen LogP contribution in [0.15, 0.2) is 66.3 Å². The molecule has 0 aliphatic heterocycles. The highest BCUT2D eigenvalue weighted by Gasteiger charge is 2.05. The van der Waals surface area contributed by atoms with Gasteiger partial charge < -0.3 is 9.47 Å². The Balaban J connectivity index is 1.76. The predicted octanol–water partition coefficient (Wildman–Crippen LogP) is 2.75. The molecule has 0 aliphatic rings. The van der Waals surface area contributed by atoms with Crippen LogP contribution < -0.4 is 9.47 Å². The van der Waals surface area contributed by atoms with Crippen molar-refractivity contribution in [3.05, 3.63) is 72.3 Å². The first-order chi connectivity index (χ1) is 11.3. The molecule has 0 atom stereocenters. The Morgan fingerprint density at radius 2 is 1.83 bits per heavy atom. The van der Waals surface area contributed by atoms with Crippen LogP contribution >= 0.6 is 0 Å². The van der Waals surface area contributed by atoms with E-state index in [2.05, 4.69) is 15.3 Å². The first-order valence-corrected chi connectivity index (χ1v) is 7.09. The van der Waals surface area contributed by atoms with E-state index in [1.54, 1.807) is 13.3 Å². The lowest BCUT2D eigenvalue weighted by Gasteiger charge is -2.11. The van der Waals surface area contributed by atoms with Crippen LogP contribution in [0.4, 0.5) is 0 Å². The molecule has 0 spiro atoms. The van der Waals surface area contributed by atoms with Gasteiger partial charge >= 0.3 is 0 Å². The number of nitrogens with zero attached hydrogens (tertiary/aromatic N) is 4. The van der Waals surface area contributed by atoms with E-state index in [9.17, 15) is 0 Å². The molecule has 0 saturated carbocycles. The van der Waals surface area contributed by atoms with E-state index >= 15 is 0 Å². The van der Waals surface area contributed by atoms with Gasteiger partial charge in [-0.3, -0.25) is 0 Å². The third-order valence-electron chi connectivity index (χ3n) is 3.17. The van der Waals surface area contributed by atoms with Gasteiger partial charge in [-0.15, -0.1) is 10.2 Å². The number of rotatable bonds is 6. The Morgan fingerprint density at radius 3 is 2.57 bits per heavy atom. The summed E-state index contributed by atoms with van der Waals surface area (Å²) in [7, 11) is 1.62. The van der Waals surface area contributed by atoms with Gasteiger partial charge in [0.25, 0.3) is 0 Å². The number of ether oxygens (including phenoxy) is 2. The third-order valence-corrected chi connectivity index (χ3v) is 3.17. The van der Waals surface area contributed by atoms with Crippen molar-refractivity contribution >= 4 is 6.21 Å². The average Bonchev–Trinajstić information content (AvgIpc) is 3.12. The average molecular weight is 308 g/mol. The number of hydrogen-bond donors (Lipinski definition) is 0. The van der Waals surface area contributed by atoms with E-state index in [0.717, 1.165) is 11.1 Å². The number of hydrogen-bond acceptors (Lipinski definition) is 5. The van der Waals surface area contributed by atoms with E-state index in [4.69, 9.17) is 9.47 Å². The molecule has 3 rings (SSSR count). The minimum Gasteiger partial charge on any atom is -0.493 e. The first-order valence-electron chi connectivity index (χ1n) is 7.09. The molecule has 0 unspecified atom stereocenters. The Kier molecular flexibility index (Phi) is 4.63. The van der Waals surface area contributed by atoms with Crippen molar-refractivity contribution in [1.29, 1.82) is 0 Å². The van der Waals surface area contributed by atoms with Crippen molar-refractivity contribution in [1.82, 2.24) is 14.9 Å². The van der Waals surface area contributed by atoms with E-state index in [1.165, 1.54) is 17.3 Å². The van der Waals surface area contributed by atoms with Crippen LogP contribution in [-0.2, 0) is 6.61 Å². The Morgan fingerprint density at radius 1 is 1.04 bits per heavy atom. The molecule has 0 saturated heterocycles. The van der Waals surface area contributed by atoms with Gasteiger partial charge in [0, 0.05) is 0 Å². The molecule has 1 aromatic heterocycles. The zero-order valence-electron chi connectivity index (χ0n) is 12.7. The van der Waals surface area contributed by atoms with Gasteiger partial charge in [0.05, 0.1) is 13.3 Å². The highest BCUT2D eigenvalue weighted by atomic mass is 16.5. The van der Waals surface area contributed by atoms with Gasteiger partial charge in [-0.2, -0.15) is 5.10 Å². The summed E-state index contributed by atoms with van der Waals surface area (Å²) < 4.78 is 12.7. The van der Waals surface area contributed by atoms with Crippen LogP contribution in [0.3, 0.4) is 0 Å². The highest BCUT2D eigenvalue weighted by molar-refractivity contribution is 5.80. The molecule has 3 aromatic rings. The number of methoxy groups -OCH3 is 1. The summed E-state index contributed by atoms with van der Waals surface area (Å²) in [6, 6.07) is 15.6. The van der Waals surface area contributed by atoms with Crippen LogP contribution in [0, 0.1) is 0 Å². The summed E-state index contributed by atoms with van der Waals surface area (Å²) in [5.41, 5.74) is 1.99. The molecular formula is C17H16N4O2. The molecule has 0 bridgehead atoms. The van der Waals surface area contributed by atoms with Crippen LogP contribution in [0.2, 0.25) is 0 Å². The zero-order valence-corrected chi connectivity index (χ0v) is 12.7. The minimum absolute atomic E-state index is 0.475. The molecule has 0 radical (unpaired) electrons. The van der Waals surface area contributed by atoms with Crippen molar-refractivity contribution in [2.24, 2.45) is 5.10 Å². The van der Waals surface area contributed by atoms with Gasteiger partial charge in [-0.05, 0) is 29.3 Å². The summed E-state index contributed by atoms with van der Waals surface area (Å²) in [6.07, 6.45) is 4.75. The normalized spacial score (nSPS) is 10.8. The monoisotopic (exact) mass is 308 g/mol. The molecule has 6 nitrogen and oxygen atoms in total. The van der Waals surface area contributed by atoms with E-state index < -0.39 is 0 Å². The van der Waals surface area contributed by atoms with Crippen LogP contribution in [0.1, 0.15) is 11.1 Å². The van der Waals surface area contributed by atoms with Gasteiger partial charge in [0.2, 0.25) is 0 Å². The van der Waals surface area contributed by atoms with Gasteiger partial charge in [-0.1, -0.05) is 30.3 Å². The van der Waals surface area contributed by atoms with Crippen LogP contribution in [0.5, 0.6) is 11.5 Å². The maximum Gasteiger partial charge on any atom is 0.162 e. The topological polar surface area (TPSA) is 61.5 Å². The fraction of sp³-hybridized carbons (Fsp3) is 0.118. The van der Waals surface area contributed by atoms with Gasteiger partial charge in [0.15, 0.2) is 11.5 Å². The molecule has 0 N–H and O–H groups in total. The molecule has 0 fully saturated rings. The standard InChI is InChI=1S/C17H16N4O2/c1-22-16-8-7-15(10-20-21-12-18-19-13-21)9-17(16)23-11-14-5-3-2-4-6-14/h2-10,12-13H,11H2,1H3. The summed E-state index contributed by atoms with van der Waals surface area (Å²) >= 11 is 0.